The SMILES string of the molecule is COc1c(N(C)CC2CCCCO2)nc[nH]c1=O. The molecule has 0 saturated carbocycles. The smallest absolute Gasteiger partial charge is 0.295 e. The van der Waals surface area contributed by atoms with E-state index in [0.717, 1.165) is 19.4 Å². The maximum Gasteiger partial charge on any atom is 0.295 e. The summed E-state index contributed by atoms with van der Waals surface area (Å²) in [5.74, 6) is 0.797. The highest BCUT2D eigenvalue weighted by atomic mass is 16.5. The molecule has 1 N–H and O–H groups in total. The van der Waals surface area contributed by atoms with Gasteiger partial charge in [0, 0.05) is 20.2 Å². The van der Waals surface area contributed by atoms with Crippen LogP contribution in [0.4, 0.5) is 5.82 Å². The number of ether oxygens (including phenoxy) is 2. The van der Waals surface area contributed by atoms with Crippen molar-refractivity contribution in [3.63, 3.8) is 0 Å². The van der Waals surface area contributed by atoms with E-state index < -0.39 is 0 Å². The quantitative estimate of drug-likeness (QED) is 0.859. The molecule has 2 heterocycles. The number of aromatic amines is 1. The van der Waals surface area contributed by atoms with Crippen LogP contribution < -0.4 is 15.2 Å². The molecule has 0 aromatic carbocycles. The Morgan fingerprint density at radius 3 is 3.11 bits per heavy atom. The number of likely N-dealkylation sites (N-methyl/N-ethyl adjacent to an activating group) is 1. The second kappa shape index (κ2) is 5.86. The summed E-state index contributed by atoms with van der Waals surface area (Å²) in [6, 6.07) is 0. The Kier molecular flexibility index (Phi) is 4.19. The largest absolute Gasteiger partial charge is 0.489 e. The molecule has 6 nitrogen and oxygen atoms in total. The van der Waals surface area contributed by atoms with Crippen molar-refractivity contribution in [2.45, 2.75) is 25.4 Å². The number of rotatable bonds is 4. The van der Waals surface area contributed by atoms with Crippen molar-refractivity contribution in [2.75, 3.05) is 32.2 Å². The summed E-state index contributed by atoms with van der Waals surface area (Å²) in [6.45, 7) is 1.53. The van der Waals surface area contributed by atoms with Gasteiger partial charge in [0.15, 0.2) is 5.82 Å². The highest BCUT2D eigenvalue weighted by Crippen LogP contribution is 2.21. The zero-order valence-electron chi connectivity index (χ0n) is 10.8. The minimum absolute atomic E-state index is 0.203. The average molecular weight is 253 g/mol. The Balaban J connectivity index is 2.10. The zero-order valence-corrected chi connectivity index (χ0v) is 10.8. The summed E-state index contributed by atoms with van der Waals surface area (Å²) in [6.07, 6.45) is 4.97. The Labute approximate surface area is 106 Å². The number of hydrogen-bond donors (Lipinski definition) is 1. The van der Waals surface area contributed by atoms with Crippen LogP contribution in [0.3, 0.4) is 0 Å². The molecule has 1 aliphatic heterocycles. The topological polar surface area (TPSA) is 67.5 Å². The lowest BCUT2D eigenvalue weighted by Gasteiger charge is -2.28. The molecular weight excluding hydrogens is 234 g/mol. The van der Waals surface area contributed by atoms with E-state index in [-0.39, 0.29) is 17.4 Å². The lowest BCUT2D eigenvalue weighted by molar-refractivity contribution is 0.0215. The van der Waals surface area contributed by atoms with Crippen LogP contribution in [-0.4, -0.2) is 43.4 Å². The molecule has 1 atom stereocenters. The molecule has 1 fully saturated rings. The van der Waals surface area contributed by atoms with E-state index in [1.54, 1.807) is 0 Å². The first-order chi connectivity index (χ1) is 8.72. The fourth-order valence-corrected chi connectivity index (χ4v) is 2.18. The van der Waals surface area contributed by atoms with E-state index in [4.69, 9.17) is 9.47 Å². The van der Waals surface area contributed by atoms with Crippen molar-refractivity contribution < 1.29 is 9.47 Å². The highest BCUT2D eigenvalue weighted by molar-refractivity contribution is 5.49. The van der Waals surface area contributed by atoms with Crippen LogP contribution in [0, 0.1) is 0 Å². The van der Waals surface area contributed by atoms with Gasteiger partial charge in [0.2, 0.25) is 5.75 Å². The van der Waals surface area contributed by atoms with E-state index in [2.05, 4.69) is 9.97 Å². The number of anilines is 1. The third kappa shape index (κ3) is 2.81. The molecule has 0 spiro atoms. The Bertz CT molecular complexity index is 440. The number of nitrogens with one attached hydrogen (secondary N) is 1. The van der Waals surface area contributed by atoms with Crippen LogP contribution in [0.25, 0.3) is 0 Å². The first-order valence-corrected chi connectivity index (χ1v) is 6.16. The van der Waals surface area contributed by atoms with Crippen molar-refractivity contribution >= 4 is 5.82 Å². The van der Waals surface area contributed by atoms with Crippen LogP contribution >= 0.6 is 0 Å². The summed E-state index contributed by atoms with van der Waals surface area (Å²) in [4.78, 5) is 20.2. The number of aromatic nitrogens is 2. The lowest BCUT2D eigenvalue weighted by atomic mass is 10.1. The molecule has 0 amide bonds. The Morgan fingerprint density at radius 2 is 2.44 bits per heavy atom. The van der Waals surface area contributed by atoms with Gasteiger partial charge in [-0.3, -0.25) is 4.79 Å². The summed E-state index contributed by atoms with van der Waals surface area (Å²) in [5.41, 5.74) is -0.265. The van der Waals surface area contributed by atoms with Crippen molar-refractivity contribution in [3.05, 3.63) is 16.7 Å². The molecule has 1 aromatic rings. The molecule has 2 rings (SSSR count). The van der Waals surface area contributed by atoms with Crippen LogP contribution in [0.5, 0.6) is 5.75 Å². The fourth-order valence-electron chi connectivity index (χ4n) is 2.18. The lowest BCUT2D eigenvalue weighted by Crippen LogP contribution is -2.34. The summed E-state index contributed by atoms with van der Waals surface area (Å²) >= 11 is 0. The standard InChI is InChI=1S/C12H19N3O3/c1-15(7-9-5-3-4-6-18-9)11-10(17-2)12(16)14-8-13-11/h8-9H,3-7H2,1-2H3,(H,13,14,16). The van der Waals surface area contributed by atoms with E-state index in [1.165, 1.54) is 19.9 Å². The average Bonchev–Trinajstić information content (AvgIpc) is 2.39. The van der Waals surface area contributed by atoms with Gasteiger partial charge in [0.1, 0.15) is 0 Å². The van der Waals surface area contributed by atoms with Gasteiger partial charge in [-0.2, -0.15) is 0 Å². The Hall–Kier alpha value is -1.56. The van der Waals surface area contributed by atoms with Gasteiger partial charge in [0.25, 0.3) is 5.56 Å². The van der Waals surface area contributed by atoms with Crippen LogP contribution in [0.15, 0.2) is 11.1 Å². The molecule has 100 valence electrons. The number of methoxy groups -OCH3 is 1. The second-order valence-corrected chi connectivity index (χ2v) is 4.46. The minimum Gasteiger partial charge on any atom is -0.489 e. The molecule has 1 saturated heterocycles. The van der Waals surface area contributed by atoms with Crippen molar-refractivity contribution in [3.8, 4) is 5.75 Å². The van der Waals surface area contributed by atoms with E-state index in [9.17, 15) is 4.79 Å². The number of H-pyrrole nitrogens is 1. The van der Waals surface area contributed by atoms with E-state index in [1.807, 2.05) is 11.9 Å². The molecule has 1 unspecified atom stereocenters. The molecule has 0 bridgehead atoms. The van der Waals surface area contributed by atoms with Gasteiger partial charge in [-0.1, -0.05) is 0 Å². The molecule has 6 heteroatoms. The van der Waals surface area contributed by atoms with Gasteiger partial charge >= 0.3 is 0 Å². The summed E-state index contributed by atoms with van der Waals surface area (Å²) in [7, 11) is 3.36. The third-order valence-corrected chi connectivity index (χ3v) is 3.11. The van der Waals surface area contributed by atoms with Gasteiger partial charge < -0.3 is 19.4 Å². The molecule has 0 aliphatic carbocycles. The van der Waals surface area contributed by atoms with E-state index >= 15 is 0 Å². The molecule has 1 aliphatic rings. The van der Waals surface area contributed by atoms with Gasteiger partial charge in [-0.15, -0.1) is 0 Å². The summed E-state index contributed by atoms with van der Waals surface area (Å²) < 4.78 is 10.8. The van der Waals surface area contributed by atoms with Crippen LogP contribution in [0.2, 0.25) is 0 Å². The van der Waals surface area contributed by atoms with E-state index in [0.29, 0.717) is 12.4 Å². The molecule has 1 aromatic heterocycles. The predicted octanol–water partition coefficient (Wildman–Crippen LogP) is 0.784. The van der Waals surface area contributed by atoms with Crippen molar-refractivity contribution in [1.82, 2.24) is 9.97 Å². The Morgan fingerprint density at radius 1 is 1.61 bits per heavy atom. The normalized spacial score (nSPS) is 19.6. The van der Waals surface area contributed by atoms with Crippen molar-refractivity contribution in [1.29, 1.82) is 0 Å². The second-order valence-electron chi connectivity index (χ2n) is 4.46. The first-order valence-electron chi connectivity index (χ1n) is 6.16. The minimum atomic E-state index is -0.265. The number of nitrogens with zero attached hydrogens (tertiary/aromatic N) is 2. The maximum atomic E-state index is 11.6. The predicted molar refractivity (Wildman–Crippen MR) is 68.3 cm³/mol. The third-order valence-electron chi connectivity index (χ3n) is 3.11. The number of hydrogen-bond acceptors (Lipinski definition) is 5. The van der Waals surface area contributed by atoms with Crippen LogP contribution in [0.1, 0.15) is 19.3 Å². The zero-order chi connectivity index (χ0) is 13.0. The van der Waals surface area contributed by atoms with Gasteiger partial charge in [0.05, 0.1) is 19.5 Å². The molecular formula is C12H19N3O3. The van der Waals surface area contributed by atoms with Crippen LogP contribution in [-0.2, 0) is 4.74 Å². The maximum absolute atomic E-state index is 11.6. The first kappa shape index (κ1) is 12.9. The molecule has 18 heavy (non-hydrogen) atoms. The summed E-state index contributed by atoms with van der Waals surface area (Å²) in [5, 5.41) is 0. The monoisotopic (exact) mass is 253 g/mol. The fraction of sp³-hybridized carbons (Fsp3) is 0.667. The molecule has 0 radical (unpaired) electrons. The highest BCUT2D eigenvalue weighted by Gasteiger charge is 2.19. The van der Waals surface area contributed by atoms with Gasteiger partial charge in [-0.25, -0.2) is 4.98 Å². The van der Waals surface area contributed by atoms with Gasteiger partial charge in [-0.05, 0) is 19.3 Å². The van der Waals surface area contributed by atoms with Crippen molar-refractivity contribution in [2.24, 2.45) is 0 Å².